The van der Waals surface area contributed by atoms with Crippen LogP contribution in [-0.2, 0) is 0 Å². The van der Waals surface area contributed by atoms with Crippen LogP contribution in [0.3, 0.4) is 0 Å². The molecule has 0 bridgehead atoms. The summed E-state index contributed by atoms with van der Waals surface area (Å²) in [6.07, 6.45) is 8.12. The van der Waals surface area contributed by atoms with E-state index in [-0.39, 0.29) is 6.10 Å². The molecule has 1 aliphatic heterocycles. The first-order valence-electron chi connectivity index (χ1n) is 12.6. The first-order chi connectivity index (χ1) is 15.5. The van der Waals surface area contributed by atoms with Gasteiger partial charge in [0.25, 0.3) is 0 Å². The molecular weight excluding hydrogens is 524 g/mol. The van der Waals surface area contributed by atoms with E-state index in [1.54, 1.807) is 0 Å². The molecule has 4 nitrogen and oxygen atoms in total. The number of anilines is 1. The maximum atomic E-state index is 10.2. The number of benzene rings is 1. The van der Waals surface area contributed by atoms with E-state index in [0.717, 1.165) is 35.1 Å². The van der Waals surface area contributed by atoms with Crippen LogP contribution in [0, 0.1) is 0 Å². The average molecular weight is 565 g/mol. The molecule has 2 aromatic rings. The van der Waals surface area contributed by atoms with Gasteiger partial charge in [0, 0.05) is 0 Å². The van der Waals surface area contributed by atoms with E-state index >= 15 is 0 Å². The Morgan fingerprint density at radius 3 is 2.06 bits per heavy atom. The van der Waals surface area contributed by atoms with Crippen LogP contribution in [0.2, 0.25) is 18.3 Å². The van der Waals surface area contributed by atoms with Crippen molar-refractivity contribution in [2.75, 3.05) is 18.0 Å². The van der Waals surface area contributed by atoms with Gasteiger partial charge in [-0.3, -0.25) is 0 Å². The van der Waals surface area contributed by atoms with E-state index in [1.165, 1.54) is 55.7 Å². The number of halogens is 1. The van der Waals surface area contributed by atoms with Gasteiger partial charge in [0.2, 0.25) is 0 Å². The summed E-state index contributed by atoms with van der Waals surface area (Å²) < 4.78 is 5.24. The zero-order chi connectivity index (χ0) is 23.0. The van der Waals surface area contributed by atoms with Gasteiger partial charge in [-0.2, -0.15) is 0 Å². The van der Waals surface area contributed by atoms with Crippen molar-refractivity contribution in [3.63, 3.8) is 0 Å². The zero-order valence-electron chi connectivity index (χ0n) is 20.1. The van der Waals surface area contributed by atoms with Crippen molar-refractivity contribution in [2.45, 2.75) is 85.1 Å². The van der Waals surface area contributed by atoms with E-state index in [2.05, 4.69) is 43.9 Å². The number of β-amino-alcohol motifs (C(OH)–C–C–N with tert-alkyl or cyclic N) is 1. The van der Waals surface area contributed by atoms with E-state index in [0.29, 0.717) is 6.54 Å². The van der Waals surface area contributed by atoms with Crippen molar-refractivity contribution in [1.82, 2.24) is 9.97 Å². The molecule has 0 radical (unpaired) electrons. The molecule has 0 aliphatic carbocycles. The number of hydrogen-bond donors (Lipinski definition) is 1. The fourth-order valence-electron chi connectivity index (χ4n) is 4.81. The summed E-state index contributed by atoms with van der Waals surface area (Å²) in [7, 11) is 0. The molecular formula is C26H40ClN3OSn. The quantitative estimate of drug-likeness (QED) is 0.302. The number of nitrogens with zero attached hydrogens (tertiary/aromatic N) is 3. The van der Waals surface area contributed by atoms with Gasteiger partial charge in [-0.15, -0.1) is 0 Å². The number of aliphatic hydroxyl groups excluding tert-OH is 1. The number of aliphatic hydroxyl groups is 1. The van der Waals surface area contributed by atoms with Crippen LogP contribution >= 0.6 is 11.6 Å². The molecule has 32 heavy (non-hydrogen) atoms. The van der Waals surface area contributed by atoms with Crippen LogP contribution in [-0.4, -0.2) is 52.6 Å². The van der Waals surface area contributed by atoms with Crippen LogP contribution in [0.5, 0.6) is 0 Å². The van der Waals surface area contributed by atoms with Gasteiger partial charge < -0.3 is 0 Å². The normalized spacial score (nSPS) is 16.7. The topological polar surface area (TPSA) is 49.2 Å². The first-order valence-corrected chi connectivity index (χ1v) is 20.5. The molecule has 6 heteroatoms. The SMILES string of the molecule is CCC[CH2][Sn]([CH2]CCC)([CH2]CCC)[c]1nc(-c2ccc(Cl)cc2)cc(N2CC[C@H](O)C2)n1. The number of aromatic nitrogens is 2. The number of hydrogen-bond acceptors (Lipinski definition) is 4. The summed E-state index contributed by atoms with van der Waals surface area (Å²) in [6.45, 7) is 8.44. The molecule has 1 N–H and O–H groups in total. The molecule has 1 aromatic carbocycles. The van der Waals surface area contributed by atoms with E-state index in [9.17, 15) is 5.11 Å². The third-order valence-electron chi connectivity index (χ3n) is 6.84. The minimum atomic E-state index is -2.80. The molecule has 1 aromatic heterocycles. The molecule has 2 heterocycles. The second-order valence-electron chi connectivity index (χ2n) is 9.42. The van der Waals surface area contributed by atoms with E-state index in [4.69, 9.17) is 21.6 Å². The van der Waals surface area contributed by atoms with Crippen LogP contribution in [0.1, 0.15) is 65.7 Å². The van der Waals surface area contributed by atoms with Crippen molar-refractivity contribution < 1.29 is 5.11 Å². The van der Waals surface area contributed by atoms with Crippen LogP contribution < -0.4 is 8.74 Å². The molecule has 1 aliphatic rings. The predicted molar refractivity (Wildman–Crippen MR) is 140 cm³/mol. The summed E-state index contributed by atoms with van der Waals surface area (Å²) in [6, 6.07) is 10.1. The van der Waals surface area contributed by atoms with Crippen LogP contribution in [0.4, 0.5) is 5.82 Å². The third kappa shape index (κ3) is 6.60. The zero-order valence-corrected chi connectivity index (χ0v) is 23.7. The van der Waals surface area contributed by atoms with Crippen molar-refractivity contribution >= 4 is 39.6 Å². The molecule has 1 fully saturated rings. The Morgan fingerprint density at radius 1 is 0.969 bits per heavy atom. The van der Waals surface area contributed by atoms with Gasteiger partial charge in [0.1, 0.15) is 0 Å². The van der Waals surface area contributed by atoms with Crippen molar-refractivity contribution in [2.24, 2.45) is 0 Å². The molecule has 0 amide bonds. The van der Waals surface area contributed by atoms with E-state index < -0.39 is 18.4 Å². The van der Waals surface area contributed by atoms with Gasteiger partial charge in [0.05, 0.1) is 0 Å². The Morgan fingerprint density at radius 2 is 1.56 bits per heavy atom. The van der Waals surface area contributed by atoms with Crippen molar-refractivity contribution in [3.05, 3.63) is 35.4 Å². The Balaban J connectivity index is 2.12. The van der Waals surface area contributed by atoms with Gasteiger partial charge in [-0.1, -0.05) is 0 Å². The average Bonchev–Trinajstić information content (AvgIpc) is 3.25. The summed E-state index contributed by atoms with van der Waals surface area (Å²) >= 11 is 3.37. The Hall–Kier alpha value is -0.851. The summed E-state index contributed by atoms with van der Waals surface area (Å²) in [5, 5.41) is 10.9. The second-order valence-corrected chi connectivity index (χ2v) is 22.7. The Kier molecular flexibility index (Phi) is 10.1. The van der Waals surface area contributed by atoms with Gasteiger partial charge in [-0.25, -0.2) is 0 Å². The molecule has 3 rings (SSSR count). The Labute approximate surface area is 203 Å². The van der Waals surface area contributed by atoms with Crippen molar-refractivity contribution in [1.29, 1.82) is 0 Å². The second kappa shape index (κ2) is 12.6. The van der Waals surface area contributed by atoms with Gasteiger partial charge in [0.15, 0.2) is 0 Å². The predicted octanol–water partition coefficient (Wildman–Crippen LogP) is 6.42. The molecule has 0 unspecified atom stereocenters. The molecule has 0 spiro atoms. The number of unbranched alkanes of at least 4 members (excludes halogenated alkanes) is 3. The maximum absolute atomic E-state index is 10.2. The summed E-state index contributed by atoms with van der Waals surface area (Å²) in [5.41, 5.74) is 2.11. The van der Waals surface area contributed by atoms with Gasteiger partial charge >= 0.3 is 204 Å². The molecule has 176 valence electrons. The molecule has 1 saturated heterocycles. The minimum absolute atomic E-state index is 0.263. The van der Waals surface area contributed by atoms with E-state index in [1.807, 2.05) is 12.1 Å². The fraction of sp³-hybridized carbons (Fsp3) is 0.615. The van der Waals surface area contributed by atoms with Crippen LogP contribution in [0.15, 0.2) is 30.3 Å². The number of rotatable bonds is 12. The Bertz CT molecular complexity index is 824. The van der Waals surface area contributed by atoms with Crippen LogP contribution in [0.25, 0.3) is 11.3 Å². The fourth-order valence-corrected chi connectivity index (χ4v) is 19.8. The summed E-state index contributed by atoms with van der Waals surface area (Å²) in [5.74, 6) is 1.00. The monoisotopic (exact) mass is 565 g/mol. The van der Waals surface area contributed by atoms with Crippen molar-refractivity contribution in [3.8, 4) is 11.3 Å². The summed E-state index contributed by atoms with van der Waals surface area (Å²) in [4.78, 5) is 12.9. The standard InChI is InChI=1S/C14H13ClN3O.3C4H9.Sn/c15-11-3-1-10(2-4-11)13-7-14(17-9-16-13)18-6-5-12(19)8-18;3*1-3-4-2;/h1-4,7,12,19H,5-6,8H2;3*1,3-4H2,2H3;/t12-;;;;/m0..../s1. The molecule has 1 atom stereocenters. The van der Waals surface area contributed by atoms with Gasteiger partial charge in [-0.05, 0) is 0 Å². The first kappa shape index (κ1) is 25.8. The molecule has 0 saturated carbocycles. The third-order valence-corrected chi connectivity index (χ3v) is 21.7.